The van der Waals surface area contributed by atoms with E-state index < -0.39 is 28.0 Å². The summed E-state index contributed by atoms with van der Waals surface area (Å²) >= 11 is 3.35. The van der Waals surface area contributed by atoms with E-state index in [0.29, 0.717) is 5.69 Å². The summed E-state index contributed by atoms with van der Waals surface area (Å²) in [7, 11) is -3.61. The maximum Gasteiger partial charge on any atom is 0.331 e. The molecule has 0 spiro atoms. The molecular formula is C21H23BrN2O5S. The summed E-state index contributed by atoms with van der Waals surface area (Å²) in [6, 6.07) is 12.8. The molecule has 0 aliphatic carbocycles. The number of sulfonamides is 1. The minimum absolute atomic E-state index is 0.0892. The van der Waals surface area contributed by atoms with Crippen LogP contribution in [0.25, 0.3) is 6.08 Å². The van der Waals surface area contributed by atoms with Crippen molar-refractivity contribution in [1.29, 1.82) is 0 Å². The molecule has 0 fully saturated rings. The number of hydrogen-bond acceptors (Lipinski definition) is 5. The van der Waals surface area contributed by atoms with E-state index in [1.807, 2.05) is 24.3 Å². The molecule has 0 saturated carbocycles. The second kappa shape index (κ2) is 10.5. The number of hydrogen-bond donors (Lipinski definition) is 2. The lowest BCUT2D eigenvalue weighted by Gasteiger charge is -2.13. The van der Waals surface area contributed by atoms with Crippen molar-refractivity contribution < 1.29 is 22.7 Å². The highest BCUT2D eigenvalue weighted by molar-refractivity contribution is 9.10. The van der Waals surface area contributed by atoms with Gasteiger partial charge in [0.05, 0.1) is 4.90 Å². The Labute approximate surface area is 184 Å². The van der Waals surface area contributed by atoms with Gasteiger partial charge in [-0.25, -0.2) is 17.9 Å². The van der Waals surface area contributed by atoms with Crippen LogP contribution in [0.1, 0.15) is 26.3 Å². The van der Waals surface area contributed by atoms with E-state index in [1.165, 1.54) is 37.3 Å². The maximum atomic E-state index is 12.2. The Morgan fingerprint density at radius 1 is 1.07 bits per heavy atom. The van der Waals surface area contributed by atoms with E-state index >= 15 is 0 Å². The molecule has 0 aliphatic rings. The molecule has 1 atom stereocenters. The zero-order chi connectivity index (χ0) is 22.3. The van der Waals surface area contributed by atoms with Crippen LogP contribution in [0.3, 0.4) is 0 Å². The van der Waals surface area contributed by atoms with Crippen LogP contribution in [0.5, 0.6) is 0 Å². The first-order valence-electron chi connectivity index (χ1n) is 9.14. The van der Waals surface area contributed by atoms with E-state index in [4.69, 9.17) is 4.74 Å². The summed E-state index contributed by atoms with van der Waals surface area (Å²) in [5.74, 6) is -1.19. The minimum Gasteiger partial charge on any atom is -0.449 e. The van der Waals surface area contributed by atoms with Crippen LogP contribution in [0.2, 0.25) is 0 Å². The van der Waals surface area contributed by atoms with E-state index in [0.717, 1.165) is 10.0 Å². The Bertz CT molecular complexity index is 1030. The molecule has 30 heavy (non-hydrogen) atoms. The highest BCUT2D eigenvalue weighted by atomic mass is 79.9. The fraction of sp³-hybridized carbons (Fsp3) is 0.238. The van der Waals surface area contributed by atoms with Crippen LogP contribution < -0.4 is 10.0 Å². The van der Waals surface area contributed by atoms with E-state index in [9.17, 15) is 18.0 Å². The Balaban J connectivity index is 1.93. The van der Waals surface area contributed by atoms with E-state index in [1.54, 1.807) is 19.9 Å². The van der Waals surface area contributed by atoms with Crippen molar-refractivity contribution >= 4 is 49.6 Å². The second-order valence-corrected chi connectivity index (χ2v) is 9.39. The number of benzene rings is 2. The zero-order valence-electron chi connectivity index (χ0n) is 16.8. The Hall–Kier alpha value is -2.49. The van der Waals surface area contributed by atoms with Crippen LogP contribution in [0.15, 0.2) is 64.0 Å². The van der Waals surface area contributed by atoms with Gasteiger partial charge in [0.2, 0.25) is 10.0 Å². The van der Waals surface area contributed by atoms with E-state index in [2.05, 4.69) is 26.0 Å². The van der Waals surface area contributed by atoms with Crippen molar-refractivity contribution in [3.05, 3.63) is 64.6 Å². The Morgan fingerprint density at radius 2 is 1.73 bits per heavy atom. The maximum absolute atomic E-state index is 12.2. The van der Waals surface area contributed by atoms with Crippen LogP contribution in [0, 0.1) is 0 Å². The molecule has 2 N–H and O–H groups in total. The van der Waals surface area contributed by atoms with Gasteiger partial charge in [-0.3, -0.25) is 4.79 Å². The molecule has 1 amide bonds. The van der Waals surface area contributed by atoms with Crippen molar-refractivity contribution in [1.82, 2.24) is 4.72 Å². The first kappa shape index (κ1) is 23.8. The first-order chi connectivity index (χ1) is 14.1. The normalized spacial score (nSPS) is 12.7. The van der Waals surface area contributed by atoms with Crippen molar-refractivity contribution in [2.75, 3.05) is 5.32 Å². The predicted molar refractivity (Wildman–Crippen MR) is 119 cm³/mol. The molecule has 0 bridgehead atoms. The molecule has 2 aromatic carbocycles. The number of ether oxygens (including phenoxy) is 1. The molecule has 2 aromatic rings. The van der Waals surface area contributed by atoms with Gasteiger partial charge >= 0.3 is 5.97 Å². The molecule has 0 aliphatic heterocycles. The minimum atomic E-state index is -3.61. The van der Waals surface area contributed by atoms with Gasteiger partial charge in [0.1, 0.15) is 0 Å². The molecule has 0 heterocycles. The lowest BCUT2D eigenvalue weighted by Crippen LogP contribution is -2.30. The topological polar surface area (TPSA) is 102 Å². The van der Waals surface area contributed by atoms with Crippen molar-refractivity contribution in [2.45, 2.75) is 37.8 Å². The molecular weight excluding hydrogens is 472 g/mol. The molecule has 9 heteroatoms. The molecule has 2 rings (SSSR count). The van der Waals surface area contributed by atoms with Gasteiger partial charge in [-0.15, -0.1) is 0 Å². The number of carbonyl (C=O) groups excluding carboxylic acids is 2. The van der Waals surface area contributed by atoms with Crippen molar-refractivity contribution in [2.24, 2.45) is 0 Å². The zero-order valence-corrected chi connectivity index (χ0v) is 19.2. The number of anilines is 1. The summed E-state index contributed by atoms with van der Waals surface area (Å²) in [4.78, 5) is 24.3. The number of esters is 1. The molecule has 1 unspecified atom stereocenters. The summed E-state index contributed by atoms with van der Waals surface area (Å²) in [5.41, 5.74) is 1.19. The van der Waals surface area contributed by atoms with Crippen LogP contribution in [-0.4, -0.2) is 32.4 Å². The monoisotopic (exact) mass is 494 g/mol. The highest BCUT2D eigenvalue weighted by Gasteiger charge is 2.18. The third-order valence-corrected chi connectivity index (χ3v) is 5.91. The quantitative estimate of drug-likeness (QED) is 0.430. The number of carbonyl (C=O) groups is 2. The van der Waals surface area contributed by atoms with Crippen LogP contribution in [0.4, 0.5) is 5.69 Å². The third-order valence-electron chi connectivity index (χ3n) is 3.75. The van der Waals surface area contributed by atoms with Gasteiger partial charge in [0.25, 0.3) is 5.91 Å². The largest absolute Gasteiger partial charge is 0.449 e. The van der Waals surface area contributed by atoms with Crippen molar-refractivity contribution in [3.63, 3.8) is 0 Å². The molecule has 0 saturated heterocycles. The predicted octanol–water partition coefficient (Wildman–Crippen LogP) is 3.72. The first-order valence-corrected chi connectivity index (χ1v) is 11.4. The van der Waals surface area contributed by atoms with Gasteiger partial charge in [0.15, 0.2) is 6.10 Å². The second-order valence-electron chi connectivity index (χ2n) is 6.76. The summed E-state index contributed by atoms with van der Waals surface area (Å²) in [6.45, 7) is 4.90. The molecule has 0 aromatic heterocycles. The lowest BCUT2D eigenvalue weighted by molar-refractivity contribution is -0.148. The number of halogens is 1. The molecule has 0 radical (unpaired) electrons. The van der Waals surface area contributed by atoms with Gasteiger partial charge in [-0.05, 0) is 68.8 Å². The van der Waals surface area contributed by atoms with Gasteiger partial charge in [-0.2, -0.15) is 0 Å². The average molecular weight is 495 g/mol. The Morgan fingerprint density at radius 3 is 2.33 bits per heavy atom. The highest BCUT2D eigenvalue weighted by Crippen LogP contribution is 2.15. The summed E-state index contributed by atoms with van der Waals surface area (Å²) < 4.78 is 32.7. The standard InChI is InChI=1S/C21H23BrN2O5S/c1-14(2)24-30(27,28)19-10-8-18(9-11-19)23-21(26)15(3)29-20(25)12-7-16-5-4-6-17(22)13-16/h4-15,24H,1-3H3,(H,23,26)/b12-7+. The van der Waals surface area contributed by atoms with Gasteiger partial charge < -0.3 is 10.1 Å². The SMILES string of the molecule is CC(C)NS(=O)(=O)c1ccc(NC(=O)C(C)OC(=O)/C=C/c2cccc(Br)c2)cc1. The third kappa shape index (κ3) is 7.40. The summed E-state index contributed by atoms with van der Waals surface area (Å²) in [5, 5.41) is 2.59. The van der Waals surface area contributed by atoms with Gasteiger partial charge in [-0.1, -0.05) is 28.1 Å². The van der Waals surface area contributed by atoms with Crippen LogP contribution in [-0.2, 0) is 24.3 Å². The lowest BCUT2D eigenvalue weighted by atomic mass is 10.2. The number of rotatable bonds is 8. The van der Waals surface area contributed by atoms with Gasteiger partial charge in [0, 0.05) is 22.3 Å². The fourth-order valence-corrected chi connectivity index (χ4v) is 4.05. The van der Waals surface area contributed by atoms with Crippen molar-refractivity contribution in [3.8, 4) is 0 Å². The number of amides is 1. The fourth-order valence-electron chi connectivity index (χ4n) is 2.38. The number of nitrogens with one attached hydrogen (secondary N) is 2. The Kier molecular flexibility index (Phi) is 8.33. The average Bonchev–Trinajstić information content (AvgIpc) is 2.66. The van der Waals surface area contributed by atoms with E-state index in [-0.39, 0.29) is 10.9 Å². The molecule has 7 nitrogen and oxygen atoms in total. The smallest absolute Gasteiger partial charge is 0.331 e. The van der Waals surface area contributed by atoms with Crippen LogP contribution >= 0.6 is 15.9 Å². The summed E-state index contributed by atoms with van der Waals surface area (Å²) in [6.07, 6.45) is 1.80. The molecule has 160 valence electrons.